The number of amides is 1. The highest BCUT2D eigenvalue weighted by atomic mass is 35.5. The first kappa shape index (κ1) is 24.2. The number of hydrazone groups is 1. The van der Waals surface area contributed by atoms with E-state index in [0.717, 1.165) is 12.3 Å². The van der Waals surface area contributed by atoms with Crippen molar-refractivity contribution in [2.24, 2.45) is 5.10 Å². The Bertz CT molecular complexity index is 1260. The van der Waals surface area contributed by atoms with Crippen molar-refractivity contribution in [1.82, 2.24) is 5.43 Å². The van der Waals surface area contributed by atoms with E-state index >= 15 is 0 Å². The number of nitro groups is 1. The first-order valence-corrected chi connectivity index (χ1v) is 10.0. The van der Waals surface area contributed by atoms with Gasteiger partial charge in [-0.15, -0.1) is 0 Å². The molecule has 0 aliphatic carbocycles. The van der Waals surface area contributed by atoms with Crippen LogP contribution in [0.3, 0.4) is 0 Å². The van der Waals surface area contributed by atoms with Crippen molar-refractivity contribution in [1.29, 1.82) is 0 Å². The summed E-state index contributed by atoms with van der Waals surface area (Å²) in [4.78, 5) is 35.6. The monoisotopic (exact) mass is 483 g/mol. The molecular weight excluding hydrogens is 466 g/mol. The van der Waals surface area contributed by atoms with Crippen molar-refractivity contribution in [3.8, 4) is 17.2 Å². The van der Waals surface area contributed by atoms with Gasteiger partial charge in [0.1, 0.15) is 22.8 Å². The minimum atomic E-state index is -0.801. The number of carbonyl (C=O) groups excluding carboxylic acids is 2. The normalized spacial score (nSPS) is 10.6. The molecule has 1 N–H and O–H groups in total. The van der Waals surface area contributed by atoms with Crippen LogP contribution < -0.4 is 19.6 Å². The van der Waals surface area contributed by atoms with Crippen molar-refractivity contribution in [3.63, 3.8) is 0 Å². The summed E-state index contributed by atoms with van der Waals surface area (Å²) in [5.74, 6) is -0.533. The van der Waals surface area contributed by atoms with Crippen molar-refractivity contribution in [2.45, 2.75) is 0 Å². The average molecular weight is 484 g/mol. The first-order chi connectivity index (χ1) is 16.3. The molecule has 0 heterocycles. The Balaban J connectivity index is 1.84. The van der Waals surface area contributed by atoms with Gasteiger partial charge in [-0.2, -0.15) is 5.10 Å². The average Bonchev–Trinajstić information content (AvgIpc) is 2.84. The first-order valence-electron chi connectivity index (χ1n) is 9.64. The molecule has 10 nitrogen and oxygen atoms in total. The van der Waals surface area contributed by atoms with Crippen LogP contribution in [0.2, 0.25) is 5.02 Å². The van der Waals surface area contributed by atoms with Crippen LogP contribution in [0.15, 0.2) is 65.8 Å². The lowest BCUT2D eigenvalue weighted by molar-refractivity contribution is -0.384. The van der Waals surface area contributed by atoms with Gasteiger partial charge in [-0.05, 0) is 48.5 Å². The molecule has 174 valence electrons. The second-order valence-electron chi connectivity index (χ2n) is 6.64. The number of nitro benzene ring substituents is 1. The molecule has 3 aromatic rings. The molecule has 0 unspecified atom stereocenters. The molecule has 3 rings (SSSR count). The molecule has 0 saturated heterocycles. The van der Waals surface area contributed by atoms with Gasteiger partial charge in [-0.25, -0.2) is 10.2 Å². The molecule has 0 spiro atoms. The van der Waals surface area contributed by atoms with Crippen molar-refractivity contribution >= 4 is 35.4 Å². The van der Waals surface area contributed by atoms with E-state index in [4.69, 9.17) is 25.8 Å². The largest absolute Gasteiger partial charge is 0.497 e. The van der Waals surface area contributed by atoms with Crippen LogP contribution >= 0.6 is 11.6 Å². The second-order valence-corrected chi connectivity index (χ2v) is 7.08. The molecular formula is C23H18ClN3O7. The van der Waals surface area contributed by atoms with Crippen molar-refractivity contribution in [3.05, 3.63) is 92.5 Å². The number of halogens is 1. The molecule has 3 aromatic carbocycles. The van der Waals surface area contributed by atoms with Crippen molar-refractivity contribution in [2.75, 3.05) is 14.2 Å². The highest BCUT2D eigenvalue weighted by molar-refractivity contribution is 6.31. The van der Waals surface area contributed by atoms with Crippen LogP contribution in [0.1, 0.15) is 26.3 Å². The van der Waals surface area contributed by atoms with Crippen molar-refractivity contribution < 1.29 is 28.7 Å². The van der Waals surface area contributed by atoms with Gasteiger partial charge >= 0.3 is 5.97 Å². The SMILES string of the molecule is COc1ccc(C(=O)N/N=C/c2cc([N+](=O)[O-])ccc2OC(=O)c2cc(Cl)ccc2OC)cc1. The molecule has 0 saturated carbocycles. The molecule has 0 aliphatic rings. The minimum Gasteiger partial charge on any atom is -0.497 e. The van der Waals surface area contributed by atoms with Crippen LogP contribution in [0, 0.1) is 10.1 Å². The van der Waals surface area contributed by atoms with Crippen LogP contribution in [0.4, 0.5) is 5.69 Å². The third-order valence-electron chi connectivity index (χ3n) is 4.51. The molecule has 0 aromatic heterocycles. The Morgan fingerprint density at radius 3 is 2.35 bits per heavy atom. The lowest BCUT2D eigenvalue weighted by Gasteiger charge is -2.10. The van der Waals surface area contributed by atoms with Crippen LogP contribution in [-0.4, -0.2) is 37.2 Å². The fourth-order valence-electron chi connectivity index (χ4n) is 2.81. The zero-order chi connectivity index (χ0) is 24.7. The molecule has 11 heteroatoms. The number of benzene rings is 3. The van der Waals surface area contributed by atoms with Gasteiger partial charge in [-0.3, -0.25) is 14.9 Å². The van der Waals surface area contributed by atoms with E-state index in [2.05, 4.69) is 10.5 Å². The summed E-state index contributed by atoms with van der Waals surface area (Å²) in [5, 5.41) is 15.3. The summed E-state index contributed by atoms with van der Waals surface area (Å²) in [6.45, 7) is 0. The molecule has 34 heavy (non-hydrogen) atoms. The molecule has 0 fully saturated rings. The molecule has 0 aliphatic heterocycles. The molecule has 0 atom stereocenters. The van der Waals surface area contributed by atoms with Crippen LogP contribution in [-0.2, 0) is 0 Å². The standard InChI is InChI=1S/C23H18ClN3O7/c1-32-18-7-3-14(4-8-18)22(28)26-25-13-15-11-17(27(30)31)6-10-20(15)34-23(29)19-12-16(24)5-9-21(19)33-2/h3-13H,1-2H3,(H,26,28)/b25-13+. The van der Waals surface area contributed by atoms with Crippen LogP contribution in [0.25, 0.3) is 0 Å². The Labute approximate surface area is 198 Å². The third kappa shape index (κ3) is 5.87. The van der Waals surface area contributed by atoms with Gasteiger partial charge in [0.2, 0.25) is 0 Å². The number of esters is 1. The number of non-ortho nitro benzene ring substituents is 1. The highest BCUT2D eigenvalue weighted by Gasteiger charge is 2.19. The summed E-state index contributed by atoms with van der Waals surface area (Å²) in [6, 6.07) is 14.3. The third-order valence-corrected chi connectivity index (χ3v) is 4.75. The summed E-state index contributed by atoms with van der Waals surface area (Å²) < 4.78 is 15.6. The Hall–Kier alpha value is -4.44. The van der Waals surface area contributed by atoms with Crippen LogP contribution in [0.5, 0.6) is 17.2 Å². The predicted molar refractivity (Wildman–Crippen MR) is 124 cm³/mol. The predicted octanol–water partition coefficient (Wildman–Crippen LogP) is 4.25. The number of ether oxygens (including phenoxy) is 3. The molecule has 0 radical (unpaired) electrons. The molecule has 0 bridgehead atoms. The van der Waals surface area contributed by atoms with Gasteiger partial charge in [0, 0.05) is 28.3 Å². The number of nitrogens with zero attached hydrogens (tertiary/aromatic N) is 2. The highest BCUT2D eigenvalue weighted by Crippen LogP contribution is 2.27. The lowest BCUT2D eigenvalue weighted by atomic mass is 10.1. The summed E-state index contributed by atoms with van der Waals surface area (Å²) in [7, 11) is 2.89. The van der Waals surface area contributed by atoms with E-state index in [0.29, 0.717) is 16.3 Å². The fourth-order valence-corrected chi connectivity index (χ4v) is 2.98. The summed E-state index contributed by atoms with van der Waals surface area (Å²) >= 11 is 5.97. The Kier molecular flexibility index (Phi) is 7.78. The maximum atomic E-state index is 12.7. The van der Waals surface area contributed by atoms with Gasteiger partial charge in [-0.1, -0.05) is 11.6 Å². The van der Waals surface area contributed by atoms with Gasteiger partial charge in [0.15, 0.2) is 0 Å². The van der Waals surface area contributed by atoms with E-state index in [1.165, 1.54) is 38.5 Å². The quantitative estimate of drug-likeness (QED) is 0.167. The fraction of sp³-hybridized carbons (Fsp3) is 0.0870. The second kappa shape index (κ2) is 10.9. The number of methoxy groups -OCH3 is 2. The lowest BCUT2D eigenvalue weighted by Crippen LogP contribution is -2.17. The van der Waals surface area contributed by atoms with E-state index in [1.807, 2.05) is 0 Å². The van der Waals surface area contributed by atoms with E-state index in [1.54, 1.807) is 30.3 Å². The maximum absolute atomic E-state index is 12.7. The van der Waals surface area contributed by atoms with Gasteiger partial charge in [0.05, 0.1) is 25.4 Å². The smallest absolute Gasteiger partial charge is 0.347 e. The Morgan fingerprint density at radius 2 is 1.71 bits per heavy atom. The number of rotatable bonds is 8. The van der Waals surface area contributed by atoms with E-state index in [-0.39, 0.29) is 28.3 Å². The zero-order valence-electron chi connectivity index (χ0n) is 18.0. The number of nitrogens with one attached hydrogen (secondary N) is 1. The number of carbonyl (C=O) groups is 2. The van der Waals surface area contributed by atoms with Gasteiger partial charge < -0.3 is 14.2 Å². The van der Waals surface area contributed by atoms with E-state index in [9.17, 15) is 19.7 Å². The topological polar surface area (TPSA) is 129 Å². The number of hydrogen-bond donors (Lipinski definition) is 1. The minimum absolute atomic E-state index is 0.0277. The Morgan fingerprint density at radius 1 is 1.00 bits per heavy atom. The number of hydrogen-bond acceptors (Lipinski definition) is 8. The zero-order valence-corrected chi connectivity index (χ0v) is 18.7. The van der Waals surface area contributed by atoms with E-state index < -0.39 is 16.8 Å². The summed E-state index contributed by atoms with van der Waals surface area (Å²) in [5.41, 5.74) is 2.51. The van der Waals surface area contributed by atoms with Gasteiger partial charge in [0.25, 0.3) is 11.6 Å². The summed E-state index contributed by atoms with van der Waals surface area (Å²) in [6.07, 6.45) is 1.13. The maximum Gasteiger partial charge on any atom is 0.347 e. The molecule has 1 amide bonds.